The maximum absolute atomic E-state index is 10.2. The first-order chi connectivity index (χ1) is 5.72. The molecule has 64 valence electrons. The van der Waals surface area contributed by atoms with Crippen LogP contribution in [0.4, 0.5) is 0 Å². The van der Waals surface area contributed by atoms with Crippen LogP contribution in [0.15, 0.2) is 24.3 Å². The number of carboxylic acid groups (broad SMARTS) is 1. The van der Waals surface area contributed by atoms with Crippen molar-refractivity contribution in [3.05, 3.63) is 29.8 Å². The largest absolute Gasteiger partial charge is 1.00 e. The van der Waals surface area contributed by atoms with Gasteiger partial charge in [-0.15, -0.1) is 0 Å². The van der Waals surface area contributed by atoms with Gasteiger partial charge in [0, 0.05) is 12.4 Å². The molecule has 0 unspecified atom stereocenters. The SMILES string of the molecule is COc1ccc(CC(=O)[O-])cc1.[Li+]. The number of hydrogen-bond acceptors (Lipinski definition) is 3. The minimum atomic E-state index is -1.07. The van der Waals surface area contributed by atoms with Gasteiger partial charge in [0.1, 0.15) is 5.75 Å². The van der Waals surface area contributed by atoms with E-state index in [1.807, 2.05) is 0 Å². The van der Waals surface area contributed by atoms with Gasteiger partial charge in [-0.05, 0) is 17.7 Å². The quantitative estimate of drug-likeness (QED) is 0.456. The molecule has 0 atom stereocenters. The molecule has 0 spiro atoms. The molecule has 1 rings (SSSR count). The Hall–Kier alpha value is -0.913. The molecular formula is C9H9LiO3. The van der Waals surface area contributed by atoms with E-state index in [-0.39, 0.29) is 25.3 Å². The van der Waals surface area contributed by atoms with Gasteiger partial charge in [-0.3, -0.25) is 0 Å². The van der Waals surface area contributed by atoms with Crippen LogP contribution in [0.5, 0.6) is 5.75 Å². The van der Waals surface area contributed by atoms with E-state index >= 15 is 0 Å². The second-order valence-electron chi connectivity index (χ2n) is 2.40. The van der Waals surface area contributed by atoms with Crippen LogP contribution in [0.2, 0.25) is 0 Å². The number of carboxylic acids is 1. The summed E-state index contributed by atoms with van der Waals surface area (Å²) in [5.74, 6) is -0.350. The van der Waals surface area contributed by atoms with Gasteiger partial charge in [-0.25, -0.2) is 0 Å². The number of ether oxygens (including phenoxy) is 1. The Morgan fingerprint density at radius 1 is 1.38 bits per heavy atom. The molecule has 0 saturated carbocycles. The number of carbonyl (C=O) groups is 1. The van der Waals surface area contributed by atoms with Crippen molar-refractivity contribution in [3.8, 4) is 5.75 Å². The van der Waals surface area contributed by atoms with Gasteiger partial charge in [-0.1, -0.05) is 12.1 Å². The minimum absolute atomic E-state index is 0. The van der Waals surface area contributed by atoms with Crippen molar-refractivity contribution >= 4 is 5.97 Å². The number of carbonyl (C=O) groups excluding carboxylic acids is 1. The molecule has 0 N–H and O–H groups in total. The topological polar surface area (TPSA) is 49.4 Å². The third-order valence-corrected chi connectivity index (χ3v) is 1.51. The summed E-state index contributed by atoms with van der Waals surface area (Å²) >= 11 is 0. The van der Waals surface area contributed by atoms with E-state index in [0.717, 1.165) is 11.3 Å². The normalized spacial score (nSPS) is 8.69. The Labute approximate surface area is 88.9 Å². The van der Waals surface area contributed by atoms with Crippen molar-refractivity contribution in [2.75, 3.05) is 7.11 Å². The fourth-order valence-corrected chi connectivity index (χ4v) is 0.910. The summed E-state index contributed by atoms with van der Waals surface area (Å²) in [6.45, 7) is 0. The molecule has 0 radical (unpaired) electrons. The molecule has 13 heavy (non-hydrogen) atoms. The van der Waals surface area contributed by atoms with Crippen molar-refractivity contribution in [1.29, 1.82) is 0 Å². The van der Waals surface area contributed by atoms with Crippen molar-refractivity contribution in [2.45, 2.75) is 6.42 Å². The molecule has 0 heterocycles. The van der Waals surface area contributed by atoms with E-state index in [0.29, 0.717) is 0 Å². The molecule has 0 aliphatic rings. The van der Waals surface area contributed by atoms with Crippen LogP contribution in [-0.2, 0) is 11.2 Å². The standard InChI is InChI=1S/C9H10O3.Li/c1-12-8-4-2-7(3-5-8)6-9(10)11;/h2-5H,6H2,1H3,(H,10,11);/q;+1/p-1. The smallest absolute Gasteiger partial charge is 0.550 e. The molecule has 3 nitrogen and oxygen atoms in total. The summed E-state index contributed by atoms with van der Waals surface area (Å²) < 4.78 is 4.91. The van der Waals surface area contributed by atoms with Gasteiger partial charge in [0.05, 0.1) is 7.11 Å². The van der Waals surface area contributed by atoms with Crippen molar-refractivity contribution in [3.63, 3.8) is 0 Å². The molecule has 0 aliphatic carbocycles. The predicted octanol–water partition coefficient (Wildman–Crippen LogP) is -3.01. The third kappa shape index (κ3) is 4.02. The first-order valence-electron chi connectivity index (χ1n) is 3.55. The van der Waals surface area contributed by atoms with E-state index in [2.05, 4.69) is 0 Å². The fraction of sp³-hybridized carbons (Fsp3) is 0.222. The summed E-state index contributed by atoms with van der Waals surface area (Å²) in [5, 5.41) is 10.2. The second kappa shape index (κ2) is 5.68. The fourth-order valence-electron chi connectivity index (χ4n) is 0.910. The van der Waals surface area contributed by atoms with Gasteiger partial charge in [0.25, 0.3) is 0 Å². The molecule has 1 aromatic carbocycles. The number of aliphatic carboxylic acids is 1. The summed E-state index contributed by atoms with van der Waals surface area (Å²) in [7, 11) is 1.56. The maximum atomic E-state index is 10.2. The van der Waals surface area contributed by atoms with Crippen molar-refractivity contribution in [1.82, 2.24) is 0 Å². The number of rotatable bonds is 3. The first kappa shape index (κ1) is 12.1. The van der Waals surface area contributed by atoms with Crippen LogP contribution in [0.3, 0.4) is 0 Å². The van der Waals surface area contributed by atoms with Gasteiger partial charge < -0.3 is 14.6 Å². The molecule has 0 amide bonds. The molecule has 1 aromatic rings. The van der Waals surface area contributed by atoms with E-state index in [9.17, 15) is 9.90 Å². The van der Waals surface area contributed by atoms with Crippen LogP contribution in [-0.4, -0.2) is 13.1 Å². The van der Waals surface area contributed by atoms with Crippen molar-refractivity contribution in [2.24, 2.45) is 0 Å². The Balaban J connectivity index is 0.00000144. The Morgan fingerprint density at radius 2 is 1.92 bits per heavy atom. The van der Waals surface area contributed by atoms with Crippen LogP contribution >= 0.6 is 0 Å². The molecule has 0 saturated heterocycles. The number of hydrogen-bond donors (Lipinski definition) is 0. The van der Waals surface area contributed by atoms with E-state index in [1.54, 1.807) is 31.4 Å². The van der Waals surface area contributed by atoms with Crippen LogP contribution in [0, 0.1) is 0 Å². The van der Waals surface area contributed by atoms with Crippen LogP contribution in [0.1, 0.15) is 5.56 Å². The Bertz CT molecular complexity index is 269. The second-order valence-corrected chi connectivity index (χ2v) is 2.40. The molecule has 4 heteroatoms. The third-order valence-electron chi connectivity index (χ3n) is 1.51. The average molecular weight is 172 g/mol. The van der Waals surface area contributed by atoms with Gasteiger partial charge >= 0.3 is 18.9 Å². The zero-order valence-corrected chi connectivity index (χ0v) is 7.74. The van der Waals surface area contributed by atoms with E-state index in [4.69, 9.17) is 4.74 Å². The maximum Gasteiger partial charge on any atom is 1.00 e. The predicted molar refractivity (Wildman–Crippen MR) is 41.7 cm³/mol. The number of benzene rings is 1. The average Bonchev–Trinajstić information content (AvgIpc) is 2.05. The summed E-state index contributed by atoms with van der Waals surface area (Å²) in [6.07, 6.45) is -0.0516. The van der Waals surface area contributed by atoms with Crippen molar-refractivity contribution < 1.29 is 33.5 Å². The zero-order chi connectivity index (χ0) is 8.97. The summed E-state index contributed by atoms with van der Waals surface area (Å²) in [6, 6.07) is 6.85. The van der Waals surface area contributed by atoms with Gasteiger partial charge in [0.15, 0.2) is 0 Å². The van der Waals surface area contributed by atoms with E-state index in [1.165, 1.54) is 0 Å². The summed E-state index contributed by atoms with van der Waals surface area (Å²) in [5.41, 5.74) is 0.718. The molecule has 0 bridgehead atoms. The van der Waals surface area contributed by atoms with Gasteiger partial charge in [0.2, 0.25) is 0 Å². The molecule has 0 fully saturated rings. The monoisotopic (exact) mass is 172 g/mol. The Morgan fingerprint density at radius 3 is 2.31 bits per heavy atom. The number of methoxy groups -OCH3 is 1. The molecule has 0 aliphatic heterocycles. The molecule has 0 aromatic heterocycles. The Kier molecular flexibility index (Phi) is 5.29. The van der Waals surface area contributed by atoms with E-state index < -0.39 is 5.97 Å². The first-order valence-corrected chi connectivity index (χ1v) is 3.55. The molecular weight excluding hydrogens is 163 g/mol. The zero-order valence-electron chi connectivity index (χ0n) is 7.74. The van der Waals surface area contributed by atoms with Gasteiger partial charge in [-0.2, -0.15) is 0 Å². The summed E-state index contributed by atoms with van der Waals surface area (Å²) in [4.78, 5) is 10.2. The minimum Gasteiger partial charge on any atom is -0.550 e. The van der Waals surface area contributed by atoms with Crippen LogP contribution in [0.25, 0.3) is 0 Å². The van der Waals surface area contributed by atoms with Crippen LogP contribution < -0.4 is 28.7 Å².